The first-order chi connectivity index (χ1) is 12.8. The highest BCUT2D eigenvalue weighted by Crippen LogP contribution is 2.31. The molecule has 3 heterocycles. The minimum absolute atomic E-state index is 0.163. The minimum Gasteiger partial charge on any atom is -0.336 e. The van der Waals surface area contributed by atoms with Crippen LogP contribution in [-0.2, 0) is 11.2 Å². The molecule has 27 heavy (non-hydrogen) atoms. The number of aryl methyl sites for hydroxylation is 1. The fraction of sp³-hybridized carbons (Fsp3) is 0.556. The van der Waals surface area contributed by atoms with Gasteiger partial charge in [0.25, 0.3) is 5.56 Å². The van der Waals surface area contributed by atoms with Crippen molar-refractivity contribution in [1.29, 1.82) is 0 Å². The Morgan fingerprint density at radius 2 is 2.11 bits per heavy atom. The van der Waals surface area contributed by atoms with Crippen molar-refractivity contribution in [3.05, 3.63) is 20.8 Å². The van der Waals surface area contributed by atoms with E-state index in [0.29, 0.717) is 34.4 Å². The number of thiophene rings is 1. The highest BCUT2D eigenvalue weighted by Gasteiger charge is 2.30. The van der Waals surface area contributed by atoms with Gasteiger partial charge in [-0.05, 0) is 31.7 Å². The van der Waals surface area contributed by atoms with Gasteiger partial charge in [0.1, 0.15) is 4.83 Å². The number of imide groups is 1. The molecule has 2 aromatic heterocycles. The number of aromatic amines is 1. The number of hydrogen-bond donors (Lipinski definition) is 2. The molecule has 0 saturated carbocycles. The predicted octanol–water partition coefficient (Wildman–Crippen LogP) is 2.91. The topological polar surface area (TPSA) is 95.2 Å². The molecule has 3 rings (SSSR count). The average molecular weight is 409 g/mol. The summed E-state index contributed by atoms with van der Waals surface area (Å²) in [5, 5.41) is 3.17. The number of H-pyrrole nitrogens is 1. The molecule has 2 aromatic rings. The third-order valence-electron chi connectivity index (χ3n) is 4.85. The molecule has 0 radical (unpaired) electrons. The van der Waals surface area contributed by atoms with Gasteiger partial charge in [-0.25, -0.2) is 9.78 Å². The van der Waals surface area contributed by atoms with E-state index in [2.05, 4.69) is 29.1 Å². The summed E-state index contributed by atoms with van der Waals surface area (Å²) in [7, 11) is 0. The third kappa shape index (κ3) is 4.03. The van der Waals surface area contributed by atoms with Crippen LogP contribution in [0.25, 0.3) is 10.2 Å². The molecule has 2 unspecified atom stereocenters. The van der Waals surface area contributed by atoms with Crippen molar-refractivity contribution in [1.82, 2.24) is 20.2 Å². The summed E-state index contributed by atoms with van der Waals surface area (Å²) in [6, 6.07) is -0.368. The first-order valence-corrected chi connectivity index (χ1v) is 10.8. The van der Waals surface area contributed by atoms with Crippen LogP contribution in [0, 0.1) is 12.8 Å². The van der Waals surface area contributed by atoms with Crippen molar-refractivity contribution in [3.63, 3.8) is 0 Å². The molecule has 1 saturated heterocycles. The minimum atomic E-state index is -0.518. The third-order valence-corrected chi connectivity index (χ3v) is 6.86. The first-order valence-electron chi connectivity index (χ1n) is 9.10. The quantitative estimate of drug-likeness (QED) is 0.566. The molecule has 1 aliphatic heterocycles. The molecule has 0 aromatic carbocycles. The van der Waals surface area contributed by atoms with E-state index >= 15 is 0 Å². The van der Waals surface area contributed by atoms with Gasteiger partial charge in [0.05, 0.1) is 10.6 Å². The number of rotatable bonds is 6. The maximum atomic E-state index is 12.7. The summed E-state index contributed by atoms with van der Waals surface area (Å²) in [5.74, 6) is 0.219. The van der Waals surface area contributed by atoms with Crippen LogP contribution in [-0.4, -0.2) is 45.1 Å². The molecular weight excluding hydrogens is 384 g/mol. The van der Waals surface area contributed by atoms with Gasteiger partial charge >= 0.3 is 6.03 Å². The Hall–Kier alpha value is -1.87. The largest absolute Gasteiger partial charge is 0.336 e. The lowest BCUT2D eigenvalue weighted by Gasteiger charge is -2.16. The van der Waals surface area contributed by atoms with Crippen molar-refractivity contribution in [3.8, 4) is 0 Å². The van der Waals surface area contributed by atoms with Crippen molar-refractivity contribution in [2.24, 2.45) is 5.92 Å². The Morgan fingerprint density at radius 3 is 2.74 bits per heavy atom. The van der Waals surface area contributed by atoms with Crippen LogP contribution in [0.1, 0.15) is 37.6 Å². The van der Waals surface area contributed by atoms with Crippen LogP contribution in [0.2, 0.25) is 0 Å². The lowest BCUT2D eigenvalue weighted by Crippen LogP contribution is -2.39. The molecule has 7 nitrogen and oxygen atoms in total. The standard InChI is InChI=1S/C18H24N4O3S2/c1-5-9(2)8-12-10(3)26-15-13(12)14(23)20-17(21-15)27-11(4)16(24)22-7-6-19-18(22)25/h9,11H,5-8H2,1-4H3,(H,19,25)(H,20,21,23). The number of aromatic nitrogens is 2. The Kier molecular flexibility index (Phi) is 5.90. The Labute approximate surface area is 165 Å². The maximum Gasteiger partial charge on any atom is 0.324 e. The smallest absolute Gasteiger partial charge is 0.324 e. The van der Waals surface area contributed by atoms with Crippen LogP contribution >= 0.6 is 23.1 Å². The predicted molar refractivity (Wildman–Crippen MR) is 109 cm³/mol. The molecule has 0 aliphatic carbocycles. The van der Waals surface area contributed by atoms with Gasteiger partial charge in [-0.15, -0.1) is 11.3 Å². The monoisotopic (exact) mass is 408 g/mol. The van der Waals surface area contributed by atoms with Gasteiger partial charge in [-0.2, -0.15) is 0 Å². The number of thioether (sulfide) groups is 1. The highest BCUT2D eigenvalue weighted by atomic mass is 32.2. The van der Waals surface area contributed by atoms with E-state index in [-0.39, 0.29) is 17.5 Å². The Bertz CT molecular complexity index is 937. The zero-order valence-corrected chi connectivity index (χ0v) is 17.6. The fourth-order valence-corrected chi connectivity index (χ4v) is 5.04. The molecule has 146 valence electrons. The van der Waals surface area contributed by atoms with Crippen molar-refractivity contribution in [2.75, 3.05) is 13.1 Å². The number of carbonyl (C=O) groups is 2. The van der Waals surface area contributed by atoms with Gasteiger partial charge in [-0.1, -0.05) is 32.0 Å². The number of nitrogens with zero attached hydrogens (tertiary/aromatic N) is 2. The van der Waals surface area contributed by atoms with Crippen molar-refractivity contribution in [2.45, 2.75) is 50.9 Å². The molecule has 0 spiro atoms. The molecule has 1 fully saturated rings. The molecule has 3 amide bonds. The van der Waals surface area contributed by atoms with E-state index in [0.717, 1.165) is 23.3 Å². The Balaban J connectivity index is 1.85. The van der Waals surface area contributed by atoms with E-state index < -0.39 is 5.25 Å². The van der Waals surface area contributed by atoms with Crippen molar-refractivity contribution < 1.29 is 9.59 Å². The molecule has 9 heteroatoms. The SMILES string of the molecule is CCC(C)Cc1c(C)sc2nc(SC(C)C(=O)N3CCNC3=O)[nH]c(=O)c12. The highest BCUT2D eigenvalue weighted by molar-refractivity contribution is 8.00. The molecular formula is C18H24N4O3S2. The zero-order valence-electron chi connectivity index (χ0n) is 15.9. The Morgan fingerprint density at radius 1 is 1.37 bits per heavy atom. The molecule has 1 aliphatic rings. The van der Waals surface area contributed by atoms with E-state index in [4.69, 9.17) is 0 Å². The number of urea groups is 1. The summed E-state index contributed by atoms with van der Waals surface area (Å²) in [5.41, 5.74) is 0.913. The van der Waals surface area contributed by atoms with E-state index in [9.17, 15) is 14.4 Å². The molecule has 0 bridgehead atoms. The fourth-order valence-electron chi connectivity index (χ4n) is 3.07. The summed E-state index contributed by atoms with van der Waals surface area (Å²) in [6.45, 7) is 8.90. The van der Waals surface area contributed by atoms with Crippen LogP contribution in [0.5, 0.6) is 0 Å². The first kappa shape index (κ1) is 19.9. The van der Waals surface area contributed by atoms with Gasteiger partial charge in [0.15, 0.2) is 5.16 Å². The molecule has 2 N–H and O–H groups in total. The van der Waals surface area contributed by atoms with E-state index in [1.807, 2.05) is 6.92 Å². The van der Waals surface area contributed by atoms with Gasteiger partial charge in [-0.3, -0.25) is 14.5 Å². The number of fused-ring (bicyclic) bond motifs is 1. The van der Waals surface area contributed by atoms with Crippen LogP contribution < -0.4 is 10.9 Å². The van der Waals surface area contributed by atoms with Gasteiger partial charge < -0.3 is 10.3 Å². The number of carbonyl (C=O) groups excluding carboxylic acids is 2. The van der Waals surface area contributed by atoms with Crippen LogP contribution in [0.15, 0.2) is 9.95 Å². The normalized spacial score (nSPS) is 16.6. The summed E-state index contributed by atoms with van der Waals surface area (Å²) < 4.78 is 0. The maximum absolute atomic E-state index is 12.7. The van der Waals surface area contributed by atoms with Crippen molar-refractivity contribution >= 4 is 45.3 Å². The lowest BCUT2D eigenvalue weighted by molar-refractivity contribution is -0.126. The molecule has 2 atom stereocenters. The average Bonchev–Trinajstić information content (AvgIpc) is 3.17. The van der Waals surface area contributed by atoms with Gasteiger partial charge in [0, 0.05) is 18.0 Å². The number of nitrogens with one attached hydrogen (secondary N) is 2. The zero-order chi connectivity index (χ0) is 19.7. The van der Waals surface area contributed by atoms with Crippen LogP contribution in [0.4, 0.5) is 4.79 Å². The van der Waals surface area contributed by atoms with Crippen LogP contribution in [0.3, 0.4) is 0 Å². The lowest BCUT2D eigenvalue weighted by atomic mass is 9.98. The van der Waals surface area contributed by atoms with E-state index in [1.165, 1.54) is 28.0 Å². The van der Waals surface area contributed by atoms with Gasteiger partial charge in [0.2, 0.25) is 5.91 Å². The summed E-state index contributed by atoms with van der Waals surface area (Å²) in [4.78, 5) is 47.2. The second-order valence-corrected chi connectivity index (χ2v) is 9.42. The summed E-state index contributed by atoms with van der Waals surface area (Å²) >= 11 is 2.69. The van der Waals surface area contributed by atoms with E-state index in [1.54, 1.807) is 6.92 Å². The second-order valence-electron chi connectivity index (χ2n) is 6.89. The second kappa shape index (κ2) is 8.02. The number of hydrogen-bond acceptors (Lipinski definition) is 6. The number of amides is 3. The summed E-state index contributed by atoms with van der Waals surface area (Å²) in [6.07, 6.45) is 1.91.